The normalized spacial score (nSPS) is 15.9. The van der Waals surface area contributed by atoms with E-state index in [1.807, 2.05) is 41.5 Å². The van der Waals surface area contributed by atoms with E-state index in [0.29, 0.717) is 23.0 Å². The summed E-state index contributed by atoms with van der Waals surface area (Å²) in [5.41, 5.74) is 3.45. The Bertz CT molecular complexity index is 1180. The van der Waals surface area contributed by atoms with E-state index in [0.717, 1.165) is 12.0 Å². The summed E-state index contributed by atoms with van der Waals surface area (Å²) in [5.74, 6) is -0.931. The second-order valence-corrected chi connectivity index (χ2v) is 9.40. The molecule has 0 aliphatic carbocycles. The van der Waals surface area contributed by atoms with E-state index in [2.05, 4.69) is 18.3 Å². The molecule has 170 valence electrons. The number of benzene rings is 2. The predicted molar refractivity (Wildman–Crippen MR) is 134 cm³/mol. The molecule has 4 rings (SSSR count). The van der Waals surface area contributed by atoms with Gasteiger partial charge in [0.25, 0.3) is 5.91 Å². The van der Waals surface area contributed by atoms with Gasteiger partial charge in [-0.15, -0.1) is 11.3 Å². The average molecular weight is 482 g/mol. The Morgan fingerprint density at radius 1 is 1.09 bits per heavy atom. The average Bonchev–Trinajstić information content (AvgIpc) is 3.29. The lowest BCUT2D eigenvalue weighted by Gasteiger charge is -2.24. The van der Waals surface area contributed by atoms with Gasteiger partial charge < -0.3 is 10.2 Å². The summed E-state index contributed by atoms with van der Waals surface area (Å²) in [4.78, 5) is 30.8. The molecule has 2 aromatic carbocycles. The van der Waals surface area contributed by atoms with Crippen molar-refractivity contribution in [2.75, 3.05) is 16.8 Å². The van der Waals surface area contributed by atoms with Crippen LogP contribution in [0.5, 0.6) is 0 Å². The molecule has 1 aromatic heterocycles. The number of halogens is 1. The SMILES string of the molecule is Cc1ccc(N2C(=O)[C@@H](CC(=O)Nc3ccc(F)cc3)N(CCc3sccc3C)C2=S)cc1. The molecular weight excluding hydrogens is 457 g/mol. The van der Waals surface area contributed by atoms with Crippen molar-refractivity contribution in [2.24, 2.45) is 0 Å². The van der Waals surface area contributed by atoms with Gasteiger partial charge in [0.15, 0.2) is 5.11 Å². The third-order valence-electron chi connectivity index (χ3n) is 5.67. The van der Waals surface area contributed by atoms with E-state index in [9.17, 15) is 14.0 Å². The fourth-order valence-corrected chi connectivity index (χ4v) is 5.14. The van der Waals surface area contributed by atoms with Crippen LogP contribution in [-0.2, 0) is 16.0 Å². The maximum atomic E-state index is 13.4. The summed E-state index contributed by atoms with van der Waals surface area (Å²) in [6.45, 7) is 4.57. The molecule has 8 heteroatoms. The highest BCUT2D eigenvalue weighted by Crippen LogP contribution is 2.29. The molecule has 0 saturated carbocycles. The standard InChI is InChI=1S/C25H24FN3O2S2/c1-16-3-9-20(10-4-16)29-24(31)21(15-23(30)27-19-7-5-18(26)6-8-19)28(25(29)32)13-11-22-17(2)12-14-33-22/h3-10,12,14,21H,11,13,15H2,1-2H3,(H,27,30)/t21-/m1/s1. The number of nitrogens with one attached hydrogen (secondary N) is 1. The summed E-state index contributed by atoms with van der Waals surface area (Å²) < 4.78 is 13.2. The van der Waals surface area contributed by atoms with E-state index in [1.54, 1.807) is 11.3 Å². The topological polar surface area (TPSA) is 52.7 Å². The molecule has 1 atom stereocenters. The first-order valence-electron chi connectivity index (χ1n) is 10.6. The highest BCUT2D eigenvalue weighted by Gasteiger charge is 2.43. The summed E-state index contributed by atoms with van der Waals surface area (Å²) in [6, 6.07) is 14.5. The fraction of sp³-hybridized carbons (Fsp3) is 0.240. The number of aryl methyl sites for hydroxylation is 2. The minimum atomic E-state index is -0.709. The van der Waals surface area contributed by atoms with Crippen LogP contribution in [0, 0.1) is 19.7 Å². The minimum Gasteiger partial charge on any atom is -0.336 e. The Balaban J connectivity index is 1.55. The number of anilines is 2. The Morgan fingerprint density at radius 3 is 2.42 bits per heavy atom. The largest absolute Gasteiger partial charge is 0.336 e. The molecule has 0 unspecified atom stereocenters. The van der Waals surface area contributed by atoms with Gasteiger partial charge in [-0.3, -0.25) is 14.5 Å². The van der Waals surface area contributed by atoms with Crippen molar-refractivity contribution < 1.29 is 14.0 Å². The zero-order chi connectivity index (χ0) is 23.5. The maximum Gasteiger partial charge on any atom is 0.256 e. The van der Waals surface area contributed by atoms with E-state index in [1.165, 1.54) is 39.6 Å². The second kappa shape index (κ2) is 9.80. The highest BCUT2D eigenvalue weighted by molar-refractivity contribution is 7.80. The Labute approximate surface area is 201 Å². The van der Waals surface area contributed by atoms with Gasteiger partial charge in [-0.2, -0.15) is 0 Å². The lowest BCUT2D eigenvalue weighted by atomic mass is 10.1. The van der Waals surface area contributed by atoms with Crippen molar-refractivity contribution in [3.63, 3.8) is 0 Å². The molecule has 0 bridgehead atoms. The van der Waals surface area contributed by atoms with Gasteiger partial charge >= 0.3 is 0 Å². The number of carbonyl (C=O) groups excluding carboxylic acids is 2. The number of carbonyl (C=O) groups is 2. The van der Waals surface area contributed by atoms with Crippen molar-refractivity contribution in [2.45, 2.75) is 32.7 Å². The van der Waals surface area contributed by atoms with Crippen molar-refractivity contribution in [3.05, 3.63) is 81.8 Å². The molecule has 5 nitrogen and oxygen atoms in total. The smallest absolute Gasteiger partial charge is 0.256 e. The maximum absolute atomic E-state index is 13.4. The molecule has 0 spiro atoms. The zero-order valence-electron chi connectivity index (χ0n) is 18.4. The van der Waals surface area contributed by atoms with Crippen LogP contribution in [0.15, 0.2) is 60.0 Å². The first-order chi connectivity index (χ1) is 15.8. The van der Waals surface area contributed by atoms with Gasteiger partial charge in [-0.1, -0.05) is 17.7 Å². The van der Waals surface area contributed by atoms with Gasteiger partial charge in [0.05, 0.1) is 12.1 Å². The summed E-state index contributed by atoms with van der Waals surface area (Å²) >= 11 is 7.39. The molecule has 1 fully saturated rings. The summed E-state index contributed by atoms with van der Waals surface area (Å²) in [7, 11) is 0. The Hall–Kier alpha value is -3.10. The van der Waals surface area contributed by atoms with Crippen LogP contribution in [0.3, 0.4) is 0 Å². The van der Waals surface area contributed by atoms with Crippen LogP contribution in [0.4, 0.5) is 15.8 Å². The first-order valence-corrected chi connectivity index (χ1v) is 11.9. The van der Waals surface area contributed by atoms with Crippen molar-refractivity contribution in [1.82, 2.24) is 4.90 Å². The number of nitrogens with zero attached hydrogens (tertiary/aromatic N) is 2. The van der Waals surface area contributed by atoms with Crippen LogP contribution in [0.1, 0.15) is 22.4 Å². The monoisotopic (exact) mass is 481 g/mol. The lowest BCUT2D eigenvalue weighted by Crippen LogP contribution is -2.39. The predicted octanol–water partition coefficient (Wildman–Crippen LogP) is 5.08. The Morgan fingerprint density at radius 2 is 1.79 bits per heavy atom. The van der Waals surface area contributed by atoms with Crippen molar-refractivity contribution >= 4 is 51.9 Å². The zero-order valence-corrected chi connectivity index (χ0v) is 20.0. The van der Waals surface area contributed by atoms with E-state index < -0.39 is 6.04 Å². The van der Waals surface area contributed by atoms with Gasteiger partial charge in [-0.25, -0.2) is 4.39 Å². The van der Waals surface area contributed by atoms with Crippen molar-refractivity contribution in [1.29, 1.82) is 0 Å². The number of hydrogen-bond donors (Lipinski definition) is 1. The molecular formula is C25H24FN3O2S2. The van der Waals surface area contributed by atoms with E-state index >= 15 is 0 Å². The second-order valence-electron chi connectivity index (χ2n) is 8.04. The minimum absolute atomic E-state index is 0.0534. The van der Waals surface area contributed by atoms with Gasteiger partial charge in [0.2, 0.25) is 5.91 Å². The van der Waals surface area contributed by atoms with Crippen LogP contribution in [-0.4, -0.2) is 34.4 Å². The van der Waals surface area contributed by atoms with Crippen molar-refractivity contribution in [3.8, 4) is 0 Å². The van der Waals surface area contributed by atoms with E-state index in [4.69, 9.17) is 12.2 Å². The summed E-state index contributed by atoms with van der Waals surface area (Å²) in [6.07, 6.45) is 0.677. The lowest BCUT2D eigenvalue weighted by molar-refractivity contribution is -0.124. The number of amides is 2. The van der Waals surface area contributed by atoms with Crippen LogP contribution in [0.25, 0.3) is 0 Å². The van der Waals surface area contributed by atoms with E-state index in [-0.39, 0.29) is 24.1 Å². The molecule has 0 radical (unpaired) electrons. The molecule has 3 aromatic rings. The molecule has 2 amide bonds. The molecule has 1 N–H and O–H groups in total. The third-order valence-corrected chi connectivity index (χ3v) is 7.17. The number of thiocarbonyl (C=S) groups is 1. The number of hydrogen-bond acceptors (Lipinski definition) is 4. The summed E-state index contributed by atoms with van der Waals surface area (Å²) in [5, 5.41) is 5.20. The molecule has 1 saturated heterocycles. The highest BCUT2D eigenvalue weighted by atomic mass is 32.1. The quantitative estimate of drug-likeness (QED) is 0.479. The van der Waals surface area contributed by atoms with Crippen LogP contribution >= 0.6 is 23.6 Å². The molecule has 33 heavy (non-hydrogen) atoms. The van der Waals surface area contributed by atoms with Crippen LogP contribution < -0.4 is 10.2 Å². The first kappa shape index (κ1) is 23.1. The molecule has 1 aliphatic heterocycles. The van der Waals surface area contributed by atoms with Gasteiger partial charge in [0, 0.05) is 17.1 Å². The Kier molecular flexibility index (Phi) is 6.85. The third kappa shape index (κ3) is 5.12. The molecule has 2 heterocycles. The number of rotatable bonds is 7. The molecule has 1 aliphatic rings. The van der Waals surface area contributed by atoms with Gasteiger partial charge in [-0.05, 0) is 85.9 Å². The van der Waals surface area contributed by atoms with Gasteiger partial charge in [0.1, 0.15) is 11.9 Å². The fourth-order valence-electron chi connectivity index (χ4n) is 3.82. The van der Waals surface area contributed by atoms with Crippen LogP contribution in [0.2, 0.25) is 0 Å². The number of thiophene rings is 1.